The van der Waals surface area contributed by atoms with Gasteiger partial charge >= 0.3 is 0 Å². The second-order valence-corrected chi connectivity index (χ2v) is 5.71. The van der Waals surface area contributed by atoms with E-state index in [9.17, 15) is 25.3 Å². The minimum Gasteiger partial charge on any atom is -0.508 e. The zero-order chi connectivity index (χ0) is 16.7. The monoisotopic (exact) mass is 311 g/mol. The lowest BCUT2D eigenvalue weighted by Crippen LogP contribution is -2.32. The van der Waals surface area contributed by atoms with Gasteiger partial charge in [0.05, 0.1) is 6.10 Å². The van der Waals surface area contributed by atoms with Crippen LogP contribution in [-0.2, 0) is 12.8 Å². The van der Waals surface area contributed by atoms with Gasteiger partial charge in [-0.15, -0.1) is 4.91 Å². The van der Waals surface area contributed by atoms with Crippen LogP contribution in [0.5, 0.6) is 17.2 Å². The summed E-state index contributed by atoms with van der Waals surface area (Å²) in [6.45, 7) is 0. The van der Waals surface area contributed by atoms with Crippen LogP contribution in [0.4, 0.5) is 5.69 Å². The lowest BCUT2D eigenvalue weighted by Gasteiger charge is -2.32. The molecule has 0 amide bonds. The number of aliphatic hydroxyl groups excluding tert-OH is 1. The molecule has 2 unspecified atom stereocenters. The summed E-state index contributed by atoms with van der Waals surface area (Å²) in [4.78, 5) is 10.9. The van der Waals surface area contributed by atoms with Crippen molar-refractivity contribution in [3.05, 3.63) is 45.9 Å². The molecule has 0 aromatic heterocycles. The summed E-state index contributed by atoms with van der Waals surface area (Å²) in [5.74, 6) is -1.14. The average molecular weight is 311 g/mol. The van der Waals surface area contributed by atoms with Crippen molar-refractivity contribution in [3.63, 3.8) is 0 Å². The summed E-state index contributed by atoms with van der Waals surface area (Å²) in [6, 6.07) is 5.52. The van der Waals surface area contributed by atoms with E-state index in [4.69, 9.17) is 7.85 Å². The maximum absolute atomic E-state index is 10.9. The lowest BCUT2D eigenvalue weighted by atomic mass is 9.72. The molecule has 2 radical (unpaired) electrons. The highest BCUT2D eigenvalue weighted by atomic mass is 16.3. The summed E-state index contributed by atoms with van der Waals surface area (Å²) in [5.41, 5.74) is 1.95. The highest BCUT2D eigenvalue weighted by molar-refractivity contribution is 6.35. The van der Waals surface area contributed by atoms with Crippen LogP contribution in [0.15, 0.2) is 29.4 Å². The third-order valence-corrected chi connectivity index (χ3v) is 4.38. The normalized spacial score (nSPS) is 20.0. The fourth-order valence-corrected chi connectivity index (χ4v) is 3.13. The van der Waals surface area contributed by atoms with E-state index < -0.39 is 12.0 Å². The molecule has 2 atom stereocenters. The van der Waals surface area contributed by atoms with E-state index in [0.717, 1.165) is 0 Å². The zero-order valence-electron chi connectivity index (χ0n) is 12.1. The smallest absolute Gasteiger partial charge is 0.157 e. The molecule has 0 fully saturated rings. The zero-order valence-corrected chi connectivity index (χ0v) is 12.1. The molecule has 1 aliphatic rings. The molecule has 3 rings (SSSR count). The Bertz CT molecular complexity index is 793. The van der Waals surface area contributed by atoms with Crippen LogP contribution in [0.2, 0.25) is 0 Å². The van der Waals surface area contributed by atoms with Crippen LogP contribution >= 0.6 is 0 Å². The van der Waals surface area contributed by atoms with Crippen LogP contribution in [0.1, 0.15) is 22.6 Å². The maximum atomic E-state index is 10.9. The first-order valence-corrected chi connectivity index (χ1v) is 7.08. The van der Waals surface area contributed by atoms with Gasteiger partial charge in [-0.2, -0.15) is 0 Å². The number of fused-ring (bicyclic) bond motifs is 1. The SMILES string of the molecule is [B]c1c(O)cc(N=O)c2c1CC(c1ccc(O)c(O)c1)C(O)C2. The Hall–Kier alpha value is -2.54. The van der Waals surface area contributed by atoms with Crippen molar-refractivity contribution in [1.82, 2.24) is 0 Å². The Morgan fingerprint density at radius 3 is 2.39 bits per heavy atom. The largest absolute Gasteiger partial charge is 0.508 e. The minimum atomic E-state index is -0.809. The molecular weight excluding hydrogens is 297 g/mol. The summed E-state index contributed by atoms with van der Waals surface area (Å²) in [5, 5.41) is 42.2. The second-order valence-electron chi connectivity index (χ2n) is 5.71. The van der Waals surface area contributed by atoms with E-state index in [2.05, 4.69) is 5.18 Å². The Balaban J connectivity index is 2.07. The second kappa shape index (κ2) is 5.59. The molecule has 116 valence electrons. The minimum absolute atomic E-state index is 0.0674. The van der Waals surface area contributed by atoms with E-state index >= 15 is 0 Å². The van der Waals surface area contributed by atoms with Crippen molar-refractivity contribution in [2.24, 2.45) is 5.18 Å². The van der Waals surface area contributed by atoms with Gasteiger partial charge in [0.25, 0.3) is 0 Å². The number of benzene rings is 2. The summed E-state index contributed by atoms with van der Waals surface area (Å²) in [7, 11) is 5.90. The Morgan fingerprint density at radius 2 is 1.74 bits per heavy atom. The number of hydrogen-bond acceptors (Lipinski definition) is 6. The van der Waals surface area contributed by atoms with Gasteiger partial charge in [0.1, 0.15) is 19.3 Å². The van der Waals surface area contributed by atoms with Crippen LogP contribution < -0.4 is 5.46 Å². The fraction of sp³-hybridized carbons (Fsp3) is 0.250. The molecule has 1 aliphatic carbocycles. The molecule has 0 aliphatic heterocycles. The number of phenols is 3. The van der Waals surface area contributed by atoms with Crippen molar-refractivity contribution in [2.45, 2.75) is 24.9 Å². The Labute approximate surface area is 133 Å². The van der Waals surface area contributed by atoms with Crippen LogP contribution in [0.25, 0.3) is 0 Å². The molecule has 0 saturated carbocycles. The van der Waals surface area contributed by atoms with Gasteiger partial charge in [-0.05, 0) is 40.4 Å². The van der Waals surface area contributed by atoms with E-state index in [1.54, 1.807) is 6.07 Å². The van der Waals surface area contributed by atoms with Crippen LogP contribution in [0.3, 0.4) is 0 Å². The van der Waals surface area contributed by atoms with E-state index in [1.807, 2.05) is 0 Å². The van der Waals surface area contributed by atoms with Crippen molar-refractivity contribution < 1.29 is 20.4 Å². The maximum Gasteiger partial charge on any atom is 0.157 e. The van der Waals surface area contributed by atoms with Crippen LogP contribution in [0, 0.1) is 4.91 Å². The number of aliphatic hydroxyl groups is 1. The lowest BCUT2D eigenvalue weighted by molar-refractivity contribution is 0.135. The van der Waals surface area contributed by atoms with Crippen molar-refractivity contribution in [2.75, 3.05) is 0 Å². The molecule has 0 spiro atoms. The van der Waals surface area contributed by atoms with Crippen molar-refractivity contribution in [3.8, 4) is 17.2 Å². The summed E-state index contributed by atoms with van der Waals surface area (Å²) in [6.07, 6.45) is -0.368. The third kappa shape index (κ3) is 2.53. The van der Waals surface area contributed by atoms with Gasteiger partial charge in [0, 0.05) is 18.4 Å². The molecule has 2 aromatic rings. The molecule has 7 heteroatoms. The third-order valence-electron chi connectivity index (χ3n) is 4.38. The van der Waals surface area contributed by atoms with Crippen LogP contribution in [-0.4, -0.2) is 34.4 Å². The van der Waals surface area contributed by atoms with Gasteiger partial charge in [-0.1, -0.05) is 11.5 Å². The molecule has 6 nitrogen and oxygen atoms in total. The number of nitroso groups, excluding NO2 is 1. The van der Waals surface area contributed by atoms with E-state index in [0.29, 0.717) is 16.7 Å². The van der Waals surface area contributed by atoms with E-state index in [1.165, 1.54) is 18.2 Å². The number of hydrogen-bond donors (Lipinski definition) is 4. The quantitative estimate of drug-likeness (QED) is 0.379. The number of phenolic OH excluding ortho intramolecular Hbond substituents is 3. The molecule has 2 aromatic carbocycles. The molecule has 23 heavy (non-hydrogen) atoms. The van der Waals surface area contributed by atoms with Gasteiger partial charge < -0.3 is 20.4 Å². The summed E-state index contributed by atoms with van der Waals surface area (Å²) < 4.78 is 0. The first kappa shape index (κ1) is 15.4. The fourth-order valence-electron chi connectivity index (χ4n) is 3.13. The van der Waals surface area contributed by atoms with Crippen molar-refractivity contribution >= 4 is 19.0 Å². The number of aromatic hydroxyl groups is 3. The molecular formula is C16H14BNO5. The first-order chi connectivity index (χ1) is 10.9. The average Bonchev–Trinajstić information content (AvgIpc) is 2.53. The molecule has 0 saturated heterocycles. The number of nitrogens with zero attached hydrogens (tertiary/aromatic N) is 1. The predicted octanol–water partition coefficient (Wildman–Crippen LogP) is 1.24. The van der Waals surface area contributed by atoms with E-state index in [-0.39, 0.29) is 41.2 Å². The van der Waals surface area contributed by atoms with Gasteiger partial charge in [-0.3, -0.25) is 0 Å². The highest BCUT2D eigenvalue weighted by Gasteiger charge is 2.32. The van der Waals surface area contributed by atoms with Gasteiger partial charge in [-0.25, -0.2) is 0 Å². The predicted molar refractivity (Wildman–Crippen MR) is 84.9 cm³/mol. The topological polar surface area (TPSA) is 110 Å². The Morgan fingerprint density at radius 1 is 1.00 bits per heavy atom. The number of rotatable bonds is 2. The first-order valence-electron chi connectivity index (χ1n) is 7.08. The summed E-state index contributed by atoms with van der Waals surface area (Å²) >= 11 is 0. The molecule has 0 heterocycles. The Kier molecular flexibility index (Phi) is 3.73. The molecule has 4 N–H and O–H groups in total. The van der Waals surface area contributed by atoms with Crippen molar-refractivity contribution in [1.29, 1.82) is 0 Å². The standard InChI is InChI=1S/C16H14BNO5/c17-16-10-4-8(7-1-2-12(19)14(21)3-7)13(20)5-9(10)11(18-23)6-15(16)22/h1-3,6,8,13,19-22H,4-5H2. The van der Waals surface area contributed by atoms with Gasteiger partial charge in [0.2, 0.25) is 0 Å². The molecule has 0 bridgehead atoms. The van der Waals surface area contributed by atoms with Gasteiger partial charge in [0.15, 0.2) is 11.5 Å². The highest BCUT2D eigenvalue weighted by Crippen LogP contribution is 2.39.